The first-order valence-corrected chi connectivity index (χ1v) is 10.5. The van der Waals surface area contributed by atoms with E-state index >= 15 is 0 Å². The maximum atomic E-state index is 13.1. The van der Waals surface area contributed by atoms with E-state index < -0.39 is 0 Å². The van der Waals surface area contributed by atoms with Gasteiger partial charge in [0.2, 0.25) is 5.78 Å². The van der Waals surface area contributed by atoms with Crippen molar-refractivity contribution in [1.82, 2.24) is 15.2 Å². The van der Waals surface area contributed by atoms with Crippen LogP contribution in [0.1, 0.15) is 32.9 Å². The van der Waals surface area contributed by atoms with Gasteiger partial charge in [-0.3, -0.25) is 14.7 Å². The number of nitrogens with one attached hydrogen (secondary N) is 1. The maximum absolute atomic E-state index is 13.1. The number of carbonyl (C=O) groups excluding carboxylic acids is 1. The van der Waals surface area contributed by atoms with Gasteiger partial charge in [-0.25, -0.2) is 0 Å². The largest absolute Gasteiger partial charge is 0.506 e. The molecule has 3 heterocycles. The molecule has 1 aromatic heterocycles. The van der Waals surface area contributed by atoms with Crippen LogP contribution in [0.25, 0.3) is 5.57 Å². The van der Waals surface area contributed by atoms with Crippen LogP contribution in [0.5, 0.6) is 11.5 Å². The lowest BCUT2D eigenvalue weighted by Crippen LogP contribution is -2.42. The number of allylic oxidation sites excluding steroid dienone is 4. The van der Waals surface area contributed by atoms with Crippen molar-refractivity contribution in [2.45, 2.75) is 19.9 Å². The minimum atomic E-state index is -0.220. The summed E-state index contributed by atoms with van der Waals surface area (Å²) in [6.07, 6.45) is 4.55. The van der Waals surface area contributed by atoms with Gasteiger partial charge in [0.05, 0.1) is 21.8 Å². The van der Waals surface area contributed by atoms with E-state index in [1.54, 1.807) is 6.08 Å². The molecule has 3 aliphatic rings. The highest BCUT2D eigenvalue weighted by atomic mass is 35.5. The maximum Gasteiger partial charge on any atom is 0.232 e. The van der Waals surface area contributed by atoms with Gasteiger partial charge in [-0.15, -0.1) is 0 Å². The second kappa shape index (κ2) is 7.54. The van der Waals surface area contributed by atoms with E-state index in [0.29, 0.717) is 23.4 Å². The number of aryl methyl sites for hydroxylation is 1. The Bertz CT molecular complexity index is 1120. The van der Waals surface area contributed by atoms with Crippen molar-refractivity contribution < 1.29 is 14.6 Å². The van der Waals surface area contributed by atoms with Crippen molar-refractivity contribution in [3.8, 4) is 11.5 Å². The Balaban J connectivity index is 1.49. The molecule has 2 N–H and O–H groups in total. The second-order valence-corrected chi connectivity index (χ2v) is 8.25. The average Bonchev–Trinajstić information content (AvgIpc) is 3.27. The van der Waals surface area contributed by atoms with Gasteiger partial charge in [-0.1, -0.05) is 23.7 Å². The number of nitrogens with zero attached hydrogens (tertiary/aromatic N) is 2. The summed E-state index contributed by atoms with van der Waals surface area (Å²) in [6.45, 7) is 5.92. The molecule has 0 saturated carbocycles. The van der Waals surface area contributed by atoms with Gasteiger partial charge in [0.1, 0.15) is 11.5 Å². The summed E-state index contributed by atoms with van der Waals surface area (Å²) < 4.78 is 6.02. The van der Waals surface area contributed by atoms with Gasteiger partial charge in [0.25, 0.3) is 0 Å². The molecule has 154 valence electrons. The molecular formula is C23H22ClN3O3. The number of ketones is 1. The molecule has 1 saturated heterocycles. The predicted molar refractivity (Wildman–Crippen MR) is 115 cm³/mol. The molecule has 0 unspecified atom stereocenters. The second-order valence-electron chi connectivity index (χ2n) is 7.84. The number of pyridine rings is 1. The zero-order valence-electron chi connectivity index (χ0n) is 16.7. The summed E-state index contributed by atoms with van der Waals surface area (Å²) in [5, 5.41) is 14.1. The fraction of sp³-hybridized carbons (Fsp3) is 0.304. The van der Waals surface area contributed by atoms with Crippen molar-refractivity contribution in [2.75, 3.05) is 26.2 Å². The monoisotopic (exact) mass is 423 g/mol. The lowest BCUT2D eigenvalue weighted by molar-refractivity contribution is 0.101. The van der Waals surface area contributed by atoms with E-state index in [4.69, 9.17) is 16.3 Å². The molecule has 0 bridgehead atoms. The van der Waals surface area contributed by atoms with Crippen LogP contribution in [0.4, 0.5) is 0 Å². The van der Waals surface area contributed by atoms with Gasteiger partial charge < -0.3 is 15.2 Å². The number of aromatic hydroxyl groups is 1. The van der Waals surface area contributed by atoms with Crippen molar-refractivity contribution in [2.24, 2.45) is 0 Å². The van der Waals surface area contributed by atoms with Crippen molar-refractivity contribution in [1.29, 1.82) is 0 Å². The molecule has 6 nitrogen and oxygen atoms in total. The molecule has 0 atom stereocenters. The molecule has 1 fully saturated rings. The minimum absolute atomic E-state index is 0.0203. The number of benzene rings is 1. The lowest BCUT2D eigenvalue weighted by atomic mass is 10.0. The Labute approximate surface area is 179 Å². The number of rotatable bonds is 3. The zero-order valence-corrected chi connectivity index (χ0v) is 17.4. The van der Waals surface area contributed by atoms with Gasteiger partial charge in [-0.2, -0.15) is 0 Å². The van der Waals surface area contributed by atoms with Crippen molar-refractivity contribution in [3.63, 3.8) is 0 Å². The highest BCUT2D eigenvalue weighted by Crippen LogP contribution is 2.44. The molecule has 2 aromatic rings. The van der Waals surface area contributed by atoms with Gasteiger partial charge in [0, 0.05) is 50.4 Å². The van der Waals surface area contributed by atoms with Crippen LogP contribution >= 0.6 is 11.6 Å². The van der Waals surface area contributed by atoms with E-state index in [-0.39, 0.29) is 22.3 Å². The van der Waals surface area contributed by atoms with Crippen molar-refractivity contribution >= 4 is 23.0 Å². The predicted octanol–water partition coefficient (Wildman–Crippen LogP) is 3.25. The van der Waals surface area contributed by atoms with Crippen molar-refractivity contribution in [3.05, 3.63) is 69.2 Å². The Morgan fingerprint density at radius 2 is 2.10 bits per heavy atom. The molecule has 2 aliphatic heterocycles. The lowest BCUT2D eigenvalue weighted by Gasteiger charge is -2.28. The molecule has 1 aromatic carbocycles. The van der Waals surface area contributed by atoms with E-state index in [1.807, 2.05) is 19.1 Å². The topological polar surface area (TPSA) is 74.7 Å². The summed E-state index contributed by atoms with van der Waals surface area (Å²) in [5.41, 5.74) is 4.88. The first-order chi connectivity index (χ1) is 14.5. The molecule has 1 aliphatic carbocycles. The number of piperazine rings is 1. The van der Waals surface area contributed by atoms with Gasteiger partial charge in [-0.05, 0) is 30.7 Å². The Hall–Kier alpha value is -2.67. The summed E-state index contributed by atoms with van der Waals surface area (Å²) in [7, 11) is 0. The zero-order chi connectivity index (χ0) is 20.8. The number of halogens is 1. The highest BCUT2D eigenvalue weighted by molar-refractivity contribution is 6.33. The SMILES string of the molecule is Cc1ccc2c(n1)CC=C2/C=C1\Oc2c(cc(Cl)c(O)c2CN2CCNCC2)C1=O. The third-order valence-electron chi connectivity index (χ3n) is 5.80. The van der Waals surface area contributed by atoms with Crippen LogP contribution in [-0.2, 0) is 13.0 Å². The standard InChI is InChI=1S/C23H22ClN3O3/c1-13-2-4-15-14(3-5-19(15)26-13)10-20-22(29)16-11-18(24)21(28)17(23(16)30-20)12-27-8-6-25-7-9-27/h2-4,10-11,25,28H,5-9,12H2,1H3/b20-10-. The van der Waals surface area contributed by atoms with Gasteiger partial charge in [0.15, 0.2) is 5.76 Å². The number of fused-ring (bicyclic) bond motifs is 2. The highest BCUT2D eigenvalue weighted by Gasteiger charge is 2.34. The molecule has 0 spiro atoms. The van der Waals surface area contributed by atoms with Crippen LogP contribution in [0, 0.1) is 6.92 Å². The quantitative estimate of drug-likeness (QED) is 0.738. The number of hydrogen-bond acceptors (Lipinski definition) is 6. The Morgan fingerprint density at radius 3 is 2.90 bits per heavy atom. The van der Waals surface area contributed by atoms with E-state index in [9.17, 15) is 9.90 Å². The third-order valence-corrected chi connectivity index (χ3v) is 6.09. The summed E-state index contributed by atoms with van der Waals surface area (Å²) >= 11 is 6.25. The molecule has 5 rings (SSSR count). The number of hydrogen-bond donors (Lipinski definition) is 2. The fourth-order valence-electron chi connectivity index (χ4n) is 4.21. The molecule has 7 heteroatoms. The minimum Gasteiger partial charge on any atom is -0.506 e. The number of aromatic nitrogens is 1. The van der Waals surface area contributed by atoms with E-state index in [2.05, 4.69) is 21.3 Å². The third kappa shape index (κ3) is 3.31. The smallest absolute Gasteiger partial charge is 0.232 e. The van der Waals surface area contributed by atoms with Crippen LogP contribution in [0.15, 0.2) is 36.1 Å². The fourth-order valence-corrected chi connectivity index (χ4v) is 4.43. The Morgan fingerprint density at radius 1 is 1.30 bits per heavy atom. The number of carbonyl (C=O) groups is 1. The Kier molecular flexibility index (Phi) is 4.85. The van der Waals surface area contributed by atoms with E-state index in [0.717, 1.165) is 55.1 Å². The first kappa shape index (κ1) is 19.3. The molecule has 0 amide bonds. The summed E-state index contributed by atoms with van der Waals surface area (Å²) in [6, 6.07) is 5.49. The normalized spacial score (nSPS) is 19.6. The summed E-state index contributed by atoms with van der Waals surface area (Å²) in [5.74, 6) is 0.413. The number of ether oxygens (including phenoxy) is 1. The number of phenols is 1. The van der Waals surface area contributed by atoms with Crippen LogP contribution < -0.4 is 10.1 Å². The average molecular weight is 424 g/mol. The van der Waals surface area contributed by atoms with E-state index in [1.165, 1.54) is 6.07 Å². The number of Topliss-reactive ketones (excluding diaryl/α,β-unsaturated/α-hetero) is 1. The molecular weight excluding hydrogens is 402 g/mol. The van der Waals surface area contributed by atoms with Gasteiger partial charge >= 0.3 is 0 Å². The molecule has 0 radical (unpaired) electrons. The van der Waals surface area contributed by atoms with Crippen LogP contribution in [0.2, 0.25) is 5.02 Å². The summed E-state index contributed by atoms with van der Waals surface area (Å²) in [4.78, 5) is 19.8. The molecule has 30 heavy (non-hydrogen) atoms. The number of phenolic OH excluding ortho intramolecular Hbond substituents is 1. The van der Waals surface area contributed by atoms with Crippen LogP contribution in [0.3, 0.4) is 0 Å². The van der Waals surface area contributed by atoms with Crippen LogP contribution in [-0.4, -0.2) is 47.0 Å². The first-order valence-electron chi connectivity index (χ1n) is 10.1.